The smallest absolute Gasteiger partial charge is 0.243 e. The summed E-state index contributed by atoms with van der Waals surface area (Å²) in [5.74, 6) is 6.03. The number of rotatable bonds is 10. The molecule has 0 aliphatic carbocycles. The molecule has 0 unspecified atom stereocenters. The third-order valence-corrected chi connectivity index (χ3v) is 2.57. The zero-order valence-electron chi connectivity index (χ0n) is 12.3. The van der Waals surface area contributed by atoms with Crippen molar-refractivity contribution in [2.75, 3.05) is 48.5 Å². The Balaban J connectivity index is 2.64. The van der Waals surface area contributed by atoms with Crippen molar-refractivity contribution in [3.05, 3.63) is 0 Å². The van der Waals surface area contributed by atoms with Crippen molar-refractivity contribution in [3.8, 4) is 0 Å². The minimum Gasteiger partial charge on any atom is -0.370 e. The van der Waals surface area contributed by atoms with Gasteiger partial charge in [-0.2, -0.15) is 15.0 Å². The Labute approximate surface area is 123 Å². The number of nitrogen functional groups attached to an aromatic ring is 1. The van der Waals surface area contributed by atoms with Crippen LogP contribution in [-0.2, 0) is 9.53 Å². The van der Waals surface area contributed by atoms with Crippen LogP contribution in [0.1, 0.15) is 13.8 Å². The van der Waals surface area contributed by atoms with Crippen LogP contribution in [0.3, 0.4) is 0 Å². The highest BCUT2D eigenvalue weighted by Crippen LogP contribution is 2.12. The molecule has 6 N–H and O–H groups in total. The van der Waals surface area contributed by atoms with Crippen molar-refractivity contribution in [3.63, 3.8) is 0 Å². The van der Waals surface area contributed by atoms with Crippen LogP contribution in [-0.4, -0.2) is 53.7 Å². The molecule has 0 fully saturated rings. The third-order valence-electron chi connectivity index (χ3n) is 2.57. The van der Waals surface area contributed by atoms with Crippen LogP contribution in [0.4, 0.5) is 17.8 Å². The second kappa shape index (κ2) is 8.87. The van der Waals surface area contributed by atoms with E-state index in [1.165, 1.54) is 0 Å². The predicted octanol–water partition coefficient (Wildman–Crippen LogP) is -1.08. The quantitative estimate of drug-likeness (QED) is 0.241. The molecule has 0 atom stereocenters. The standard InChI is InChI=1S/C11H22N8O2/c1-3-19(4-2)11-16-9(15-10(17-11)18-13)14-5-6-21-7-8(12)20/h3-7,13H2,1-2H3,(H2,12,20)(H2,14,15,16,17,18). The molecule has 1 rings (SSSR count). The Hall–Kier alpha value is -2.20. The van der Waals surface area contributed by atoms with Crippen LogP contribution in [0.25, 0.3) is 0 Å². The molecule has 0 aliphatic rings. The zero-order valence-corrected chi connectivity index (χ0v) is 12.3. The van der Waals surface area contributed by atoms with E-state index in [4.69, 9.17) is 16.3 Å². The molecule has 0 radical (unpaired) electrons. The van der Waals surface area contributed by atoms with Crippen LogP contribution >= 0.6 is 0 Å². The zero-order chi connectivity index (χ0) is 15.7. The van der Waals surface area contributed by atoms with E-state index in [0.29, 0.717) is 25.0 Å². The second-order valence-electron chi connectivity index (χ2n) is 4.04. The van der Waals surface area contributed by atoms with E-state index in [0.717, 1.165) is 13.1 Å². The molecule has 10 heteroatoms. The first-order chi connectivity index (χ1) is 10.1. The van der Waals surface area contributed by atoms with Gasteiger partial charge in [-0.3, -0.25) is 10.2 Å². The number of carbonyl (C=O) groups excluding carboxylic acids is 1. The summed E-state index contributed by atoms with van der Waals surface area (Å²) in [5, 5.41) is 2.97. The number of nitrogens with two attached hydrogens (primary N) is 2. The van der Waals surface area contributed by atoms with Crippen molar-refractivity contribution in [2.45, 2.75) is 13.8 Å². The van der Waals surface area contributed by atoms with E-state index in [2.05, 4.69) is 25.7 Å². The van der Waals surface area contributed by atoms with E-state index in [9.17, 15) is 4.79 Å². The number of hydrogen-bond acceptors (Lipinski definition) is 9. The van der Waals surface area contributed by atoms with E-state index >= 15 is 0 Å². The second-order valence-corrected chi connectivity index (χ2v) is 4.04. The maximum atomic E-state index is 10.5. The number of nitrogens with zero attached hydrogens (tertiary/aromatic N) is 4. The highest BCUT2D eigenvalue weighted by Gasteiger charge is 2.10. The van der Waals surface area contributed by atoms with Crippen molar-refractivity contribution < 1.29 is 9.53 Å². The molecule has 1 aromatic heterocycles. The Bertz CT molecular complexity index is 452. The normalized spacial score (nSPS) is 10.2. The van der Waals surface area contributed by atoms with Gasteiger partial charge in [-0.15, -0.1) is 0 Å². The van der Waals surface area contributed by atoms with Gasteiger partial charge in [-0.25, -0.2) is 5.84 Å². The van der Waals surface area contributed by atoms with Gasteiger partial charge in [-0.05, 0) is 13.8 Å². The Kier molecular flexibility index (Phi) is 7.12. The summed E-state index contributed by atoms with van der Waals surface area (Å²) in [6.45, 7) is 6.18. The van der Waals surface area contributed by atoms with E-state index in [1.54, 1.807) is 0 Å². The van der Waals surface area contributed by atoms with Crippen LogP contribution in [0.5, 0.6) is 0 Å². The highest BCUT2D eigenvalue weighted by atomic mass is 16.5. The van der Waals surface area contributed by atoms with Gasteiger partial charge in [0.05, 0.1) is 6.61 Å². The summed E-state index contributed by atoms with van der Waals surface area (Å²) in [7, 11) is 0. The van der Waals surface area contributed by atoms with E-state index in [-0.39, 0.29) is 12.6 Å². The van der Waals surface area contributed by atoms with Gasteiger partial charge in [0.2, 0.25) is 23.8 Å². The van der Waals surface area contributed by atoms with Crippen molar-refractivity contribution >= 4 is 23.8 Å². The molecule has 0 saturated carbocycles. The maximum absolute atomic E-state index is 10.5. The summed E-state index contributed by atoms with van der Waals surface area (Å²) in [4.78, 5) is 25.1. The van der Waals surface area contributed by atoms with Crippen molar-refractivity contribution in [1.82, 2.24) is 15.0 Å². The molecule has 1 amide bonds. The number of amides is 1. The largest absolute Gasteiger partial charge is 0.370 e. The van der Waals surface area contributed by atoms with Crippen LogP contribution in [0.2, 0.25) is 0 Å². The number of hydrazine groups is 1. The summed E-state index contributed by atoms with van der Waals surface area (Å²) in [5.41, 5.74) is 7.37. The molecule has 10 nitrogen and oxygen atoms in total. The molecule has 0 bridgehead atoms. The van der Waals surface area contributed by atoms with Crippen LogP contribution in [0, 0.1) is 0 Å². The van der Waals surface area contributed by atoms with E-state index in [1.807, 2.05) is 18.7 Å². The Morgan fingerprint density at radius 2 is 1.90 bits per heavy atom. The number of anilines is 3. The topological polar surface area (TPSA) is 144 Å². The van der Waals surface area contributed by atoms with Crippen molar-refractivity contribution in [2.24, 2.45) is 11.6 Å². The summed E-state index contributed by atoms with van der Waals surface area (Å²) in [6.07, 6.45) is 0. The van der Waals surface area contributed by atoms with Gasteiger partial charge >= 0.3 is 0 Å². The molecule has 0 spiro atoms. The third kappa shape index (κ3) is 5.75. The fourth-order valence-corrected chi connectivity index (χ4v) is 1.56. The van der Waals surface area contributed by atoms with Gasteiger partial charge in [0.25, 0.3) is 0 Å². The van der Waals surface area contributed by atoms with Gasteiger partial charge in [-0.1, -0.05) is 0 Å². The number of carbonyl (C=O) groups is 1. The highest BCUT2D eigenvalue weighted by molar-refractivity contribution is 5.74. The fourth-order valence-electron chi connectivity index (χ4n) is 1.56. The van der Waals surface area contributed by atoms with Crippen LogP contribution in [0.15, 0.2) is 0 Å². The van der Waals surface area contributed by atoms with Crippen LogP contribution < -0.4 is 27.2 Å². The first-order valence-corrected chi connectivity index (χ1v) is 6.68. The number of hydrogen-bond donors (Lipinski definition) is 4. The molecular weight excluding hydrogens is 276 g/mol. The molecule has 1 heterocycles. The SMILES string of the molecule is CCN(CC)c1nc(NN)nc(NCCOCC(N)=O)n1. The molecule has 0 saturated heterocycles. The minimum absolute atomic E-state index is 0.112. The minimum atomic E-state index is -0.506. The molecule has 0 aliphatic heterocycles. The lowest BCUT2D eigenvalue weighted by Gasteiger charge is -2.19. The van der Waals surface area contributed by atoms with E-state index < -0.39 is 5.91 Å². The summed E-state index contributed by atoms with van der Waals surface area (Å²) < 4.78 is 5.03. The van der Waals surface area contributed by atoms with Gasteiger partial charge < -0.3 is 20.7 Å². The molecule has 1 aromatic rings. The average Bonchev–Trinajstić information content (AvgIpc) is 2.47. The number of primary amides is 1. The first kappa shape index (κ1) is 16.9. The summed E-state index contributed by atoms with van der Waals surface area (Å²) in [6, 6.07) is 0. The number of nitrogens with one attached hydrogen (secondary N) is 2. The molecule has 0 aromatic carbocycles. The Morgan fingerprint density at radius 1 is 1.24 bits per heavy atom. The summed E-state index contributed by atoms with van der Waals surface area (Å²) >= 11 is 0. The maximum Gasteiger partial charge on any atom is 0.243 e. The van der Waals surface area contributed by atoms with Gasteiger partial charge in [0.1, 0.15) is 6.61 Å². The lowest BCUT2D eigenvalue weighted by atomic mass is 10.5. The first-order valence-electron chi connectivity index (χ1n) is 6.68. The lowest BCUT2D eigenvalue weighted by Crippen LogP contribution is -2.26. The monoisotopic (exact) mass is 298 g/mol. The number of ether oxygens (including phenoxy) is 1. The van der Waals surface area contributed by atoms with Gasteiger partial charge in [0.15, 0.2) is 0 Å². The average molecular weight is 298 g/mol. The predicted molar refractivity (Wildman–Crippen MR) is 79.7 cm³/mol. The Morgan fingerprint density at radius 3 is 2.48 bits per heavy atom. The molecular formula is C11H22N8O2. The van der Waals surface area contributed by atoms with Crippen molar-refractivity contribution in [1.29, 1.82) is 0 Å². The molecule has 21 heavy (non-hydrogen) atoms. The lowest BCUT2D eigenvalue weighted by molar-refractivity contribution is -0.122. The fraction of sp³-hybridized carbons (Fsp3) is 0.636. The van der Waals surface area contributed by atoms with Gasteiger partial charge in [0, 0.05) is 19.6 Å². The number of aromatic nitrogens is 3. The molecule has 118 valence electrons.